The van der Waals surface area contributed by atoms with E-state index in [0.717, 1.165) is 29.1 Å². The number of hydrogen-bond donors (Lipinski definition) is 1. The first kappa shape index (κ1) is 12.6. The summed E-state index contributed by atoms with van der Waals surface area (Å²) in [5.74, 6) is 0.866. The van der Waals surface area contributed by atoms with E-state index in [2.05, 4.69) is 12.0 Å². The highest BCUT2D eigenvalue weighted by Crippen LogP contribution is 2.25. The first-order chi connectivity index (χ1) is 8.67. The number of benzene rings is 1. The lowest BCUT2D eigenvalue weighted by molar-refractivity contribution is 0.411. The van der Waals surface area contributed by atoms with Crippen LogP contribution in [0.25, 0.3) is 0 Å². The van der Waals surface area contributed by atoms with Crippen molar-refractivity contribution >= 4 is 0 Å². The summed E-state index contributed by atoms with van der Waals surface area (Å²) in [5.41, 5.74) is 9.46. The van der Waals surface area contributed by atoms with E-state index in [1.165, 1.54) is 0 Å². The summed E-state index contributed by atoms with van der Waals surface area (Å²) in [6.45, 7) is 4.89. The molecule has 0 fully saturated rings. The molecule has 0 amide bonds. The third-order valence-corrected chi connectivity index (χ3v) is 3.16. The van der Waals surface area contributed by atoms with Gasteiger partial charge in [-0.3, -0.25) is 4.68 Å². The van der Waals surface area contributed by atoms with E-state index < -0.39 is 0 Å². The maximum atomic E-state index is 6.29. The van der Waals surface area contributed by atoms with Gasteiger partial charge in [-0.2, -0.15) is 5.10 Å². The molecule has 96 valence electrons. The molecule has 18 heavy (non-hydrogen) atoms. The quantitative estimate of drug-likeness (QED) is 0.899. The second-order valence-electron chi connectivity index (χ2n) is 4.28. The standard InChI is InChI=1S/C14H19N3O/c1-4-17-12(7-8-16-17)14(15)11-6-5-10(2)13(9-11)18-3/h5-9,14H,4,15H2,1-3H3. The molecular weight excluding hydrogens is 226 g/mol. The van der Waals surface area contributed by atoms with Crippen LogP contribution in [-0.4, -0.2) is 16.9 Å². The summed E-state index contributed by atoms with van der Waals surface area (Å²) in [5, 5.41) is 4.25. The number of methoxy groups -OCH3 is 1. The average Bonchev–Trinajstić information content (AvgIpc) is 2.86. The van der Waals surface area contributed by atoms with E-state index in [-0.39, 0.29) is 6.04 Å². The van der Waals surface area contributed by atoms with Crippen molar-refractivity contribution in [2.45, 2.75) is 26.4 Å². The highest BCUT2D eigenvalue weighted by atomic mass is 16.5. The third-order valence-electron chi connectivity index (χ3n) is 3.16. The maximum Gasteiger partial charge on any atom is 0.122 e. The molecule has 0 saturated heterocycles. The molecule has 2 aromatic rings. The van der Waals surface area contributed by atoms with Gasteiger partial charge in [0.05, 0.1) is 18.8 Å². The van der Waals surface area contributed by atoms with Gasteiger partial charge >= 0.3 is 0 Å². The van der Waals surface area contributed by atoms with Gasteiger partial charge in [-0.15, -0.1) is 0 Å². The first-order valence-corrected chi connectivity index (χ1v) is 6.09. The van der Waals surface area contributed by atoms with E-state index in [0.29, 0.717) is 0 Å². The largest absolute Gasteiger partial charge is 0.496 e. The van der Waals surface area contributed by atoms with Crippen LogP contribution in [0.1, 0.15) is 29.8 Å². The van der Waals surface area contributed by atoms with Gasteiger partial charge in [0.1, 0.15) is 5.75 Å². The molecule has 1 heterocycles. The summed E-state index contributed by atoms with van der Waals surface area (Å²) in [4.78, 5) is 0. The number of aromatic nitrogens is 2. The summed E-state index contributed by atoms with van der Waals surface area (Å²) in [6.07, 6.45) is 1.78. The molecule has 2 rings (SSSR count). The molecule has 1 aromatic heterocycles. The van der Waals surface area contributed by atoms with Crippen LogP contribution in [0.4, 0.5) is 0 Å². The van der Waals surface area contributed by atoms with Gasteiger partial charge in [-0.05, 0) is 37.1 Å². The van der Waals surface area contributed by atoms with Crippen LogP contribution < -0.4 is 10.5 Å². The first-order valence-electron chi connectivity index (χ1n) is 6.09. The van der Waals surface area contributed by atoms with Crippen LogP contribution in [-0.2, 0) is 6.54 Å². The maximum absolute atomic E-state index is 6.29. The zero-order valence-electron chi connectivity index (χ0n) is 11.1. The van der Waals surface area contributed by atoms with Crippen LogP contribution in [0.2, 0.25) is 0 Å². The smallest absolute Gasteiger partial charge is 0.122 e. The Morgan fingerprint density at radius 1 is 1.39 bits per heavy atom. The Kier molecular flexibility index (Phi) is 3.67. The van der Waals surface area contributed by atoms with Crippen molar-refractivity contribution in [3.63, 3.8) is 0 Å². The van der Waals surface area contributed by atoms with Crippen LogP contribution in [0, 0.1) is 6.92 Å². The van der Waals surface area contributed by atoms with Gasteiger partial charge in [0.15, 0.2) is 0 Å². The van der Waals surface area contributed by atoms with Crippen LogP contribution in [0.15, 0.2) is 30.5 Å². The number of ether oxygens (including phenoxy) is 1. The van der Waals surface area contributed by atoms with Crippen molar-refractivity contribution in [1.82, 2.24) is 9.78 Å². The minimum atomic E-state index is -0.179. The van der Waals surface area contributed by atoms with E-state index in [4.69, 9.17) is 10.5 Å². The van der Waals surface area contributed by atoms with Crippen LogP contribution in [0.3, 0.4) is 0 Å². The Morgan fingerprint density at radius 2 is 2.17 bits per heavy atom. The molecule has 4 heteroatoms. The Bertz CT molecular complexity index is 534. The molecule has 1 atom stereocenters. The Hall–Kier alpha value is -1.81. The normalized spacial score (nSPS) is 12.4. The third kappa shape index (κ3) is 2.24. The molecule has 1 unspecified atom stereocenters. The Labute approximate surface area is 107 Å². The summed E-state index contributed by atoms with van der Waals surface area (Å²) in [6, 6.07) is 7.84. The van der Waals surface area contributed by atoms with Gasteiger partial charge in [0.2, 0.25) is 0 Å². The van der Waals surface area contributed by atoms with Gasteiger partial charge in [0, 0.05) is 12.7 Å². The number of nitrogens with two attached hydrogens (primary N) is 1. The highest BCUT2D eigenvalue weighted by Gasteiger charge is 2.14. The molecule has 2 N–H and O–H groups in total. The van der Waals surface area contributed by atoms with E-state index in [1.807, 2.05) is 35.9 Å². The minimum absolute atomic E-state index is 0.179. The minimum Gasteiger partial charge on any atom is -0.496 e. The monoisotopic (exact) mass is 245 g/mol. The number of rotatable bonds is 4. The Balaban J connectivity index is 2.37. The number of nitrogens with zero attached hydrogens (tertiary/aromatic N) is 2. The summed E-state index contributed by atoms with van der Waals surface area (Å²) in [7, 11) is 1.67. The Morgan fingerprint density at radius 3 is 2.83 bits per heavy atom. The molecule has 0 saturated carbocycles. The predicted molar refractivity (Wildman–Crippen MR) is 71.7 cm³/mol. The second kappa shape index (κ2) is 5.23. The summed E-state index contributed by atoms with van der Waals surface area (Å²) >= 11 is 0. The van der Waals surface area contributed by atoms with Crippen molar-refractivity contribution in [2.75, 3.05) is 7.11 Å². The van der Waals surface area contributed by atoms with Crippen molar-refractivity contribution in [2.24, 2.45) is 5.73 Å². The van der Waals surface area contributed by atoms with Crippen LogP contribution in [0.5, 0.6) is 5.75 Å². The zero-order valence-corrected chi connectivity index (χ0v) is 11.1. The predicted octanol–water partition coefficient (Wildman–Crippen LogP) is 2.27. The highest BCUT2D eigenvalue weighted by molar-refractivity contribution is 5.39. The molecule has 1 aromatic carbocycles. The molecular formula is C14H19N3O. The van der Waals surface area contributed by atoms with Crippen molar-refractivity contribution in [3.8, 4) is 5.75 Å². The fourth-order valence-corrected chi connectivity index (χ4v) is 2.07. The van der Waals surface area contributed by atoms with Crippen molar-refractivity contribution < 1.29 is 4.74 Å². The fraction of sp³-hybridized carbons (Fsp3) is 0.357. The van der Waals surface area contributed by atoms with Gasteiger partial charge < -0.3 is 10.5 Å². The molecule has 0 radical (unpaired) electrons. The lowest BCUT2D eigenvalue weighted by atomic mass is 10.0. The topological polar surface area (TPSA) is 53.1 Å². The van der Waals surface area contributed by atoms with Crippen molar-refractivity contribution in [3.05, 3.63) is 47.3 Å². The van der Waals surface area contributed by atoms with Gasteiger partial charge in [-0.1, -0.05) is 12.1 Å². The van der Waals surface area contributed by atoms with Crippen LogP contribution >= 0.6 is 0 Å². The average molecular weight is 245 g/mol. The molecule has 0 aliphatic carbocycles. The molecule has 4 nitrogen and oxygen atoms in total. The number of hydrogen-bond acceptors (Lipinski definition) is 3. The molecule has 0 bridgehead atoms. The summed E-state index contributed by atoms with van der Waals surface area (Å²) < 4.78 is 7.25. The van der Waals surface area contributed by atoms with Gasteiger partial charge in [-0.25, -0.2) is 0 Å². The second-order valence-corrected chi connectivity index (χ2v) is 4.28. The van der Waals surface area contributed by atoms with E-state index in [9.17, 15) is 0 Å². The van der Waals surface area contributed by atoms with Gasteiger partial charge in [0.25, 0.3) is 0 Å². The SMILES string of the molecule is CCn1nccc1C(N)c1ccc(C)c(OC)c1. The fourth-order valence-electron chi connectivity index (χ4n) is 2.07. The lowest BCUT2D eigenvalue weighted by Crippen LogP contribution is -2.17. The lowest BCUT2D eigenvalue weighted by Gasteiger charge is -2.15. The van der Waals surface area contributed by atoms with E-state index >= 15 is 0 Å². The molecule has 0 aliphatic rings. The molecule has 0 aliphatic heterocycles. The molecule has 0 spiro atoms. The zero-order chi connectivity index (χ0) is 13.1. The number of aryl methyl sites for hydroxylation is 2. The van der Waals surface area contributed by atoms with Crippen molar-refractivity contribution in [1.29, 1.82) is 0 Å². The van der Waals surface area contributed by atoms with E-state index in [1.54, 1.807) is 13.3 Å².